The lowest BCUT2D eigenvalue weighted by Crippen LogP contribution is -2.27. The van der Waals surface area contributed by atoms with Crippen LogP contribution in [0, 0.1) is 5.92 Å². The van der Waals surface area contributed by atoms with Crippen molar-refractivity contribution in [2.45, 2.75) is 38.2 Å². The molecule has 94 valence electrons. The Balaban J connectivity index is 1.95. The molecule has 0 bridgehead atoms. The number of benzene rings is 1. The first-order valence-corrected chi connectivity index (χ1v) is 6.71. The summed E-state index contributed by atoms with van der Waals surface area (Å²) in [5.41, 5.74) is 1.73. The number of fused-ring (bicyclic) bond motifs is 1. The first-order chi connectivity index (χ1) is 8.66. The molecular weight excluding hydrogens is 222 g/mol. The van der Waals surface area contributed by atoms with Gasteiger partial charge in [-0.25, -0.2) is 0 Å². The highest BCUT2D eigenvalue weighted by molar-refractivity contribution is 5.81. The molecule has 2 nitrogen and oxygen atoms in total. The van der Waals surface area contributed by atoms with E-state index in [9.17, 15) is 5.11 Å². The summed E-state index contributed by atoms with van der Waals surface area (Å²) in [5, 5.41) is 11.8. The van der Waals surface area contributed by atoms with E-state index in [1.165, 1.54) is 10.9 Å². The maximum absolute atomic E-state index is 10.7. The summed E-state index contributed by atoms with van der Waals surface area (Å²) in [5.74, 6) is 0.642. The first kappa shape index (κ1) is 11.7. The highest BCUT2D eigenvalue weighted by Gasteiger charge is 2.35. The number of aliphatic hydroxyl groups is 1. The molecule has 1 saturated carbocycles. The van der Waals surface area contributed by atoms with E-state index in [0.29, 0.717) is 5.92 Å². The van der Waals surface area contributed by atoms with Crippen LogP contribution in [0.15, 0.2) is 36.5 Å². The van der Waals surface area contributed by atoms with E-state index in [1.807, 2.05) is 30.5 Å². The van der Waals surface area contributed by atoms with Crippen LogP contribution < -0.4 is 0 Å². The van der Waals surface area contributed by atoms with Crippen molar-refractivity contribution in [3.8, 4) is 0 Å². The van der Waals surface area contributed by atoms with Gasteiger partial charge in [0.25, 0.3) is 0 Å². The third-order valence-corrected chi connectivity index (χ3v) is 4.09. The Morgan fingerprint density at radius 2 is 2.17 bits per heavy atom. The summed E-state index contributed by atoms with van der Waals surface area (Å²) in [7, 11) is 0. The molecule has 1 aromatic carbocycles. The number of rotatable bonds is 2. The summed E-state index contributed by atoms with van der Waals surface area (Å²) in [6.45, 7) is 2.22. The minimum Gasteiger partial charge on any atom is -0.390 e. The van der Waals surface area contributed by atoms with Crippen molar-refractivity contribution in [1.29, 1.82) is 0 Å². The largest absolute Gasteiger partial charge is 0.390 e. The fourth-order valence-electron chi connectivity index (χ4n) is 3.19. The topological polar surface area (TPSA) is 33.1 Å². The Labute approximate surface area is 108 Å². The van der Waals surface area contributed by atoms with Crippen molar-refractivity contribution in [3.05, 3.63) is 42.1 Å². The molecule has 2 atom stereocenters. The third-order valence-electron chi connectivity index (χ3n) is 4.09. The Kier molecular flexibility index (Phi) is 2.83. The second kappa shape index (κ2) is 4.36. The molecule has 1 fully saturated rings. The summed E-state index contributed by atoms with van der Waals surface area (Å²) in [6, 6.07) is 10.2. The highest BCUT2D eigenvalue weighted by atomic mass is 16.3. The average Bonchev–Trinajstić information content (AvgIpc) is 2.70. The predicted molar refractivity (Wildman–Crippen MR) is 73.4 cm³/mol. The molecule has 1 aliphatic carbocycles. The van der Waals surface area contributed by atoms with Gasteiger partial charge in [0, 0.05) is 18.0 Å². The molecule has 3 rings (SSSR count). The fraction of sp³-hybridized carbons (Fsp3) is 0.438. The van der Waals surface area contributed by atoms with Crippen molar-refractivity contribution in [2.75, 3.05) is 0 Å². The van der Waals surface area contributed by atoms with Gasteiger partial charge >= 0.3 is 0 Å². The maximum atomic E-state index is 10.7. The van der Waals surface area contributed by atoms with Crippen molar-refractivity contribution in [1.82, 2.24) is 4.98 Å². The van der Waals surface area contributed by atoms with E-state index < -0.39 is 5.60 Å². The van der Waals surface area contributed by atoms with Crippen LogP contribution in [0.2, 0.25) is 0 Å². The molecule has 1 heterocycles. The zero-order valence-electron chi connectivity index (χ0n) is 10.8. The SMILES string of the molecule is CC1CCC(O)(Cc2ccnc3ccccc23)C1. The van der Waals surface area contributed by atoms with Crippen LogP contribution in [0.4, 0.5) is 0 Å². The molecule has 0 saturated heterocycles. The lowest BCUT2D eigenvalue weighted by atomic mass is 9.90. The number of hydrogen-bond donors (Lipinski definition) is 1. The number of aromatic nitrogens is 1. The normalized spacial score (nSPS) is 27.8. The van der Waals surface area contributed by atoms with Gasteiger partial charge in [-0.2, -0.15) is 0 Å². The lowest BCUT2D eigenvalue weighted by molar-refractivity contribution is 0.0449. The average molecular weight is 241 g/mol. The fourth-order valence-corrected chi connectivity index (χ4v) is 3.19. The van der Waals surface area contributed by atoms with Crippen molar-refractivity contribution < 1.29 is 5.11 Å². The number of pyridine rings is 1. The molecule has 2 aromatic rings. The summed E-state index contributed by atoms with van der Waals surface area (Å²) >= 11 is 0. The Morgan fingerprint density at radius 3 is 2.94 bits per heavy atom. The quantitative estimate of drug-likeness (QED) is 0.874. The van der Waals surface area contributed by atoms with Crippen LogP contribution in [0.5, 0.6) is 0 Å². The predicted octanol–water partition coefficient (Wildman–Crippen LogP) is 3.33. The van der Waals surface area contributed by atoms with Crippen LogP contribution in [0.1, 0.15) is 31.7 Å². The van der Waals surface area contributed by atoms with Crippen LogP contribution in [-0.2, 0) is 6.42 Å². The molecule has 1 aromatic heterocycles. The van der Waals surface area contributed by atoms with E-state index in [4.69, 9.17) is 0 Å². The zero-order chi connectivity index (χ0) is 12.6. The van der Waals surface area contributed by atoms with E-state index in [0.717, 1.165) is 31.2 Å². The summed E-state index contributed by atoms with van der Waals surface area (Å²) < 4.78 is 0. The van der Waals surface area contributed by atoms with Crippen molar-refractivity contribution in [2.24, 2.45) is 5.92 Å². The molecule has 1 aliphatic rings. The maximum Gasteiger partial charge on any atom is 0.0704 e. The minimum atomic E-state index is -0.510. The van der Waals surface area contributed by atoms with Gasteiger partial charge in [-0.15, -0.1) is 0 Å². The molecule has 0 amide bonds. The minimum absolute atomic E-state index is 0.510. The molecule has 18 heavy (non-hydrogen) atoms. The molecule has 1 N–H and O–H groups in total. The monoisotopic (exact) mass is 241 g/mol. The zero-order valence-corrected chi connectivity index (χ0v) is 10.8. The van der Waals surface area contributed by atoms with Gasteiger partial charge in [0.05, 0.1) is 11.1 Å². The molecule has 0 aliphatic heterocycles. The van der Waals surface area contributed by atoms with Crippen LogP contribution in [-0.4, -0.2) is 15.7 Å². The van der Waals surface area contributed by atoms with Gasteiger partial charge in [-0.1, -0.05) is 25.1 Å². The van der Waals surface area contributed by atoms with Gasteiger partial charge in [0.1, 0.15) is 0 Å². The van der Waals surface area contributed by atoms with Gasteiger partial charge in [-0.3, -0.25) is 4.98 Å². The van der Waals surface area contributed by atoms with Gasteiger partial charge < -0.3 is 5.11 Å². The first-order valence-electron chi connectivity index (χ1n) is 6.71. The van der Waals surface area contributed by atoms with E-state index in [-0.39, 0.29) is 0 Å². The van der Waals surface area contributed by atoms with E-state index >= 15 is 0 Å². The number of para-hydroxylation sites is 1. The Morgan fingerprint density at radius 1 is 1.33 bits per heavy atom. The Hall–Kier alpha value is -1.41. The second-order valence-corrected chi connectivity index (χ2v) is 5.74. The van der Waals surface area contributed by atoms with Crippen molar-refractivity contribution in [3.63, 3.8) is 0 Å². The van der Waals surface area contributed by atoms with Gasteiger partial charge in [0.15, 0.2) is 0 Å². The molecule has 0 spiro atoms. The standard InChI is InChI=1S/C16H19NO/c1-12-6-8-16(18,10-12)11-13-7-9-17-15-5-3-2-4-14(13)15/h2-5,7,9,12,18H,6,8,10-11H2,1H3. The number of nitrogens with zero attached hydrogens (tertiary/aromatic N) is 1. The highest BCUT2D eigenvalue weighted by Crippen LogP contribution is 2.37. The third kappa shape index (κ3) is 2.13. The lowest BCUT2D eigenvalue weighted by Gasteiger charge is -2.23. The Bertz CT molecular complexity index is 561. The smallest absolute Gasteiger partial charge is 0.0704 e. The summed E-state index contributed by atoms with van der Waals surface area (Å²) in [6.07, 6.45) is 5.58. The van der Waals surface area contributed by atoms with E-state index in [1.54, 1.807) is 0 Å². The second-order valence-electron chi connectivity index (χ2n) is 5.74. The van der Waals surface area contributed by atoms with Crippen LogP contribution in [0.25, 0.3) is 10.9 Å². The molecular formula is C16H19NO. The van der Waals surface area contributed by atoms with Gasteiger partial charge in [-0.05, 0) is 42.9 Å². The van der Waals surface area contributed by atoms with Gasteiger partial charge in [0.2, 0.25) is 0 Å². The van der Waals surface area contributed by atoms with Crippen LogP contribution >= 0.6 is 0 Å². The van der Waals surface area contributed by atoms with Crippen molar-refractivity contribution >= 4 is 10.9 Å². The molecule has 2 heteroatoms. The molecule has 0 radical (unpaired) electrons. The molecule has 2 unspecified atom stereocenters. The van der Waals surface area contributed by atoms with E-state index in [2.05, 4.69) is 18.0 Å². The summed E-state index contributed by atoms with van der Waals surface area (Å²) in [4.78, 5) is 4.37. The van der Waals surface area contributed by atoms with Crippen LogP contribution in [0.3, 0.4) is 0 Å². The number of hydrogen-bond acceptors (Lipinski definition) is 2.